The van der Waals surface area contributed by atoms with Gasteiger partial charge in [0.25, 0.3) is 0 Å². The fraction of sp³-hybridized carbons (Fsp3) is 0.500. The van der Waals surface area contributed by atoms with Crippen molar-refractivity contribution in [2.24, 2.45) is 0 Å². The van der Waals surface area contributed by atoms with E-state index in [0.717, 1.165) is 161 Å². The lowest BCUT2D eigenvalue weighted by Crippen LogP contribution is -2.14. The number of benzene rings is 10. The zero-order valence-electron chi connectivity index (χ0n) is 85.5. The molecular weight excluding hydrogens is 1710 g/mol. The molecule has 0 aliphatic rings. The zero-order valence-corrected chi connectivity index (χ0v) is 85.5. The summed E-state index contributed by atoms with van der Waals surface area (Å²) in [6.45, 7) is 16.6. The average molecular weight is 1870 g/mol. The molecule has 10 rings (SSSR count). The van der Waals surface area contributed by atoms with Crippen molar-refractivity contribution in [1.82, 2.24) is 0 Å². The molecule has 0 atom stereocenters. The van der Waals surface area contributed by atoms with Crippen LogP contribution in [0.15, 0.2) is 218 Å². The van der Waals surface area contributed by atoms with E-state index in [-0.39, 0.29) is 36.5 Å². The van der Waals surface area contributed by atoms with Crippen molar-refractivity contribution in [3.8, 4) is 101 Å². The largest absolute Gasteiger partial charge is 0.494 e. The van der Waals surface area contributed by atoms with E-state index in [1.807, 2.05) is 36.4 Å². The van der Waals surface area contributed by atoms with Crippen LogP contribution in [0.4, 0.5) is 0 Å². The van der Waals surface area contributed by atoms with E-state index in [1.54, 1.807) is 0 Å². The van der Waals surface area contributed by atoms with Crippen molar-refractivity contribution in [1.29, 1.82) is 0 Å². The predicted molar refractivity (Wildman–Crippen MR) is 574 cm³/mol. The van der Waals surface area contributed by atoms with Gasteiger partial charge in [-0.25, -0.2) is 14.4 Å². The van der Waals surface area contributed by atoms with Gasteiger partial charge in [0.1, 0.15) is 54.3 Å². The maximum Gasteiger partial charge on any atom is 0.338 e. The first-order valence-electron chi connectivity index (χ1n) is 54.5. The molecule has 0 aromatic heterocycles. The van der Waals surface area contributed by atoms with Crippen molar-refractivity contribution in [2.45, 2.75) is 370 Å². The molecule has 0 amide bonds. The molecule has 0 bridgehead atoms. The Labute approximate surface area is 832 Å². The lowest BCUT2D eigenvalue weighted by atomic mass is 9.99. The number of ether oxygens (including phenoxy) is 9. The Morgan fingerprint density at radius 3 is 0.507 bits per heavy atom. The maximum atomic E-state index is 15.2. The summed E-state index contributed by atoms with van der Waals surface area (Å²) in [5.41, 5.74) is 14.1. The second kappa shape index (κ2) is 66.9. The lowest BCUT2D eigenvalue weighted by Gasteiger charge is -2.16. The summed E-state index contributed by atoms with van der Waals surface area (Å²) in [6, 6.07) is 73.1. The van der Waals surface area contributed by atoms with Crippen molar-refractivity contribution in [2.75, 3.05) is 39.6 Å². The van der Waals surface area contributed by atoms with Crippen LogP contribution < -0.4 is 28.4 Å². The zero-order chi connectivity index (χ0) is 96.7. The van der Waals surface area contributed by atoms with E-state index >= 15 is 14.4 Å². The first kappa shape index (κ1) is 109. The van der Waals surface area contributed by atoms with E-state index in [4.69, 9.17) is 42.6 Å². The number of rotatable bonds is 75. The molecule has 0 saturated carbocycles. The highest BCUT2D eigenvalue weighted by Crippen LogP contribution is 2.37. The molecule has 0 aliphatic heterocycles. The van der Waals surface area contributed by atoms with Crippen molar-refractivity contribution >= 4 is 17.9 Å². The van der Waals surface area contributed by atoms with Gasteiger partial charge in [-0.1, -0.05) is 439 Å². The summed E-state index contributed by atoms with van der Waals surface area (Å²) < 4.78 is 57.5. The van der Waals surface area contributed by atoms with Gasteiger partial charge in [-0.3, -0.25) is 0 Å². The lowest BCUT2D eigenvalue weighted by molar-refractivity contribution is 0.0465. The van der Waals surface area contributed by atoms with E-state index in [9.17, 15) is 0 Å². The third-order valence-corrected chi connectivity index (χ3v) is 26.7. The molecule has 138 heavy (non-hydrogen) atoms. The first-order valence-corrected chi connectivity index (χ1v) is 54.5. The molecule has 0 saturated heterocycles. The monoisotopic (exact) mass is 1870 g/mol. The number of unbranched alkanes of at least 4 members (excludes halogenated alkanes) is 42. The summed E-state index contributed by atoms with van der Waals surface area (Å²) in [5.74, 6) is 2.16. The van der Waals surface area contributed by atoms with Crippen molar-refractivity contribution in [3.05, 3.63) is 252 Å². The fourth-order valence-corrected chi connectivity index (χ4v) is 18.0. The van der Waals surface area contributed by atoms with Crippen LogP contribution in [0.5, 0.6) is 34.5 Å². The molecule has 0 aliphatic carbocycles. The molecule has 12 nitrogen and oxygen atoms in total. The predicted octanol–water partition coefficient (Wildman–Crippen LogP) is 36.9. The highest BCUT2D eigenvalue weighted by molar-refractivity contribution is 6.00. The molecule has 744 valence electrons. The molecule has 0 fully saturated rings. The number of esters is 3. The Balaban J connectivity index is 0.911. The van der Waals surface area contributed by atoms with Gasteiger partial charge in [-0.15, -0.1) is 0 Å². The van der Waals surface area contributed by atoms with Gasteiger partial charge in [0.2, 0.25) is 0 Å². The quantitative estimate of drug-likeness (QED) is 0.0204. The van der Waals surface area contributed by atoms with Crippen LogP contribution in [-0.4, -0.2) is 57.5 Å². The Morgan fingerprint density at radius 1 is 0.167 bits per heavy atom. The fourth-order valence-electron chi connectivity index (χ4n) is 18.0. The van der Waals surface area contributed by atoms with Crippen LogP contribution in [0, 0.1) is 0 Å². The molecular formula is C126H168O12. The highest BCUT2D eigenvalue weighted by atomic mass is 16.5. The topological polar surface area (TPSA) is 134 Å². The summed E-state index contributed by atoms with van der Waals surface area (Å²) in [6.07, 6.45) is 57.9. The number of hydrogen-bond donors (Lipinski definition) is 0. The van der Waals surface area contributed by atoms with Gasteiger partial charge in [0.05, 0.1) is 56.3 Å². The number of carbonyl (C=O) groups is 3. The van der Waals surface area contributed by atoms with Gasteiger partial charge < -0.3 is 42.6 Å². The van der Waals surface area contributed by atoms with Crippen LogP contribution in [0.3, 0.4) is 0 Å². The van der Waals surface area contributed by atoms with Crippen molar-refractivity contribution in [3.63, 3.8) is 0 Å². The van der Waals surface area contributed by atoms with E-state index in [0.29, 0.717) is 73.6 Å². The number of carbonyl (C=O) groups excluding carboxylic acids is 3. The van der Waals surface area contributed by atoms with Crippen LogP contribution >= 0.6 is 0 Å². The standard InChI is InChI=1S/C126H168O12/c1-7-13-19-25-31-37-43-49-85-130-118-76-67-103(68-77-118)100-55-61-106(62-56-100)109-73-82-121(133-88-52-46-40-34-28-22-16-10-4)115(91-109)97-136-124(127)112-94-113(125(128)137-98-116-92-110(74-83-122(116)134-89-53-47-41-35-29-23-17-11-5)107-63-57-101(58-64-107)104-69-78-119(79-70-104)131-86-50-44-38-32-26-20-14-8-2)96-114(95-112)126(129)138-99-117-93-111(75-84-123(117)135-90-54-48-42-36-30-24-18-12-6)108-65-59-102(60-66-108)105-71-80-120(81-72-105)132-87-51-45-39-33-27-21-15-9-3/h55-84,91-96H,7-54,85-90,97-99H2,1-6H3. The SMILES string of the molecule is CCCCCCCCCCOc1ccc(-c2ccc(-c3ccc(OCCCCCCCCCC)c(COC(=O)c4cc(C(=O)OCc5cc(-c6ccc(-c7ccc(OCCCCCCCCCC)cc7)cc6)ccc5OCCCCCCCCCC)cc(C(=O)OCc5cc(-c6ccc(-c7ccc(OCCCCCCCCCC)cc7)cc6)ccc5OCCCCCCCCCC)c4)c3)cc2)cc1. The van der Waals surface area contributed by atoms with Gasteiger partial charge in [0.15, 0.2) is 0 Å². The average Bonchev–Trinajstić information content (AvgIpc) is 0.816. The van der Waals surface area contributed by atoms with Crippen LogP contribution in [0.1, 0.15) is 398 Å². The van der Waals surface area contributed by atoms with E-state index < -0.39 is 17.9 Å². The Morgan fingerprint density at radius 2 is 0.319 bits per heavy atom. The minimum atomic E-state index is -0.761. The summed E-state index contributed by atoms with van der Waals surface area (Å²) >= 11 is 0. The Kier molecular flexibility index (Phi) is 53.0. The van der Waals surface area contributed by atoms with E-state index in [2.05, 4.69) is 205 Å². The van der Waals surface area contributed by atoms with Gasteiger partial charge in [0, 0.05) is 16.7 Å². The second-order valence-corrected chi connectivity index (χ2v) is 38.2. The minimum Gasteiger partial charge on any atom is -0.494 e. The third-order valence-electron chi connectivity index (χ3n) is 26.7. The van der Waals surface area contributed by atoms with Crippen molar-refractivity contribution < 1.29 is 57.0 Å². The number of hydrogen-bond acceptors (Lipinski definition) is 12. The van der Waals surface area contributed by atoms with E-state index in [1.165, 1.54) is 249 Å². The Hall–Kier alpha value is -10.6. The minimum absolute atomic E-state index is 0.0379. The van der Waals surface area contributed by atoms with Gasteiger partial charge in [-0.2, -0.15) is 0 Å². The first-order chi connectivity index (χ1) is 68.0. The van der Waals surface area contributed by atoms with Gasteiger partial charge in [-0.05, 0) is 196 Å². The normalized spacial score (nSPS) is 11.3. The molecule has 0 radical (unpaired) electrons. The van der Waals surface area contributed by atoms with Crippen LogP contribution in [0.2, 0.25) is 0 Å². The highest BCUT2D eigenvalue weighted by Gasteiger charge is 2.24. The van der Waals surface area contributed by atoms with Crippen LogP contribution in [0.25, 0.3) is 66.8 Å². The summed E-state index contributed by atoms with van der Waals surface area (Å²) in [7, 11) is 0. The molecule has 12 heteroatoms. The van der Waals surface area contributed by atoms with Gasteiger partial charge >= 0.3 is 17.9 Å². The molecule has 0 N–H and O–H groups in total. The Bertz CT molecular complexity index is 4470. The smallest absolute Gasteiger partial charge is 0.338 e. The summed E-state index contributed by atoms with van der Waals surface area (Å²) in [4.78, 5) is 45.6. The molecule has 0 unspecified atom stereocenters. The molecule has 0 spiro atoms. The molecule has 0 heterocycles. The maximum absolute atomic E-state index is 15.2. The molecule has 10 aromatic carbocycles. The summed E-state index contributed by atoms with van der Waals surface area (Å²) in [5, 5.41) is 0. The second-order valence-electron chi connectivity index (χ2n) is 38.2. The molecule has 10 aromatic rings. The third kappa shape index (κ3) is 41.1. The van der Waals surface area contributed by atoms with Crippen LogP contribution in [-0.2, 0) is 34.0 Å².